The molecule has 0 atom stereocenters. The molecule has 0 spiro atoms. The van der Waals surface area contributed by atoms with Crippen LogP contribution in [0.3, 0.4) is 0 Å². The summed E-state index contributed by atoms with van der Waals surface area (Å²) < 4.78 is 26.9. The molecule has 0 aliphatic rings. The minimum atomic E-state index is -3.41. The van der Waals surface area contributed by atoms with Gasteiger partial charge < -0.3 is 5.32 Å². The van der Waals surface area contributed by atoms with Crippen LogP contribution in [-0.2, 0) is 9.84 Å². The van der Waals surface area contributed by atoms with Crippen molar-refractivity contribution in [2.75, 3.05) is 7.05 Å². The average molecular weight is 460 g/mol. The SMILES string of the molecule is CNC(=O)c1cn2c(-c3ccc(S(=O)(=O)C(C)C)cc3)c(-c3ccc(C#N)cc3)nc2cn1. The number of hydrogen-bond donors (Lipinski definition) is 1. The topological polar surface area (TPSA) is 117 Å². The highest BCUT2D eigenvalue weighted by Gasteiger charge is 2.21. The van der Waals surface area contributed by atoms with Crippen molar-refractivity contribution in [2.24, 2.45) is 0 Å². The first-order valence-corrected chi connectivity index (χ1v) is 11.8. The van der Waals surface area contributed by atoms with Crippen LogP contribution in [0.25, 0.3) is 28.2 Å². The van der Waals surface area contributed by atoms with E-state index >= 15 is 0 Å². The number of imidazole rings is 1. The van der Waals surface area contributed by atoms with Crippen LogP contribution in [0, 0.1) is 11.3 Å². The van der Waals surface area contributed by atoms with Gasteiger partial charge in [-0.1, -0.05) is 24.3 Å². The summed E-state index contributed by atoms with van der Waals surface area (Å²) in [5.41, 5.74) is 4.05. The Morgan fingerprint density at radius 2 is 1.70 bits per heavy atom. The van der Waals surface area contributed by atoms with Crippen LogP contribution in [-0.4, -0.2) is 41.0 Å². The van der Waals surface area contributed by atoms with Gasteiger partial charge in [0, 0.05) is 24.4 Å². The maximum atomic E-state index is 12.5. The fraction of sp³-hybridized carbons (Fsp3) is 0.167. The second-order valence-electron chi connectivity index (χ2n) is 7.70. The third kappa shape index (κ3) is 3.97. The molecule has 33 heavy (non-hydrogen) atoms. The molecule has 0 aliphatic heterocycles. The number of fused-ring (bicyclic) bond motifs is 1. The van der Waals surface area contributed by atoms with E-state index in [2.05, 4.69) is 16.4 Å². The molecule has 0 saturated heterocycles. The number of carbonyl (C=O) groups excluding carboxylic acids is 1. The number of carbonyl (C=O) groups is 1. The smallest absolute Gasteiger partial charge is 0.271 e. The molecule has 1 amide bonds. The summed E-state index contributed by atoms with van der Waals surface area (Å²) in [6.07, 6.45) is 3.11. The number of sulfone groups is 1. The van der Waals surface area contributed by atoms with Gasteiger partial charge in [0.1, 0.15) is 5.69 Å². The second-order valence-corrected chi connectivity index (χ2v) is 10.2. The Bertz CT molecular complexity index is 1500. The Morgan fingerprint density at radius 1 is 1.06 bits per heavy atom. The van der Waals surface area contributed by atoms with E-state index in [1.165, 1.54) is 13.2 Å². The number of nitriles is 1. The first-order chi connectivity index (χ1) is 15.8. The lowest BCUT2D eigenvalue weighted by molar-refractivity contribution is 0.0957. The lowest BCUT2D eigenvalue weighted by atomic mass is 10.0. The van der Waals surface area contributed by atoms with Crippen LogP contribution in [0.4, 0.5) is 0 Å². The van der Waals surface area contributed by atoms with Gasteiger partial charge >= 0.3 is 0 Å². The van der Waals surface area contributed by atoms with E-state index in [1.807, 2.05) is 0 Å². The molecule has 0 unspecified atom stereocenters. The summed E-state index contributed by atoms with van der Waals surface area (Å²) in [6.45, 7) is 3.29. The third-order valence-corrected chi connectivity index (χ3v) is 7.50. The van der Waals surface area contributed by atoms with Crippen molar-refractivity contribution >= 4 is 21.4 Å². The maximum Gasteiger partial charge on any atom is 0.271 e. The van der Waals surface area contributed by atoms with Gasteiger partial charge in [0.2, 0.25) is 0 Å². The molecule has 0 fully saturated rings. The quantitative estimate of drug-likeness (QED) is 0.488. The van der Waals surface area contributed by atoms with Crippen molar-refractivity contribution in [3.63, 3.8) is 0 Å². The van der Waals surface area contributed by atoms with E-state index in [9.17, 15) is 13.2 Å². The first kappa shape index (κ1) is 22.2. The predicted molar refractivity (Wildman–Crippen MR) is 124 cm³/mol. The van der Waals surface area contributed by atoms with Crippen LogP contribution in [0.15, 0.2) is 65.8 Å². The Balaban J connectivity index is 1.95. The standard InChI is InChI=1S/C24H21N5O3S/c1-15(2)33(31,32)19-10-8-18(9-11-19)23-22(17-6-4-16(12-25)5-7-17)28-21-13-27-20(14-29(21)23)24(30)26-3/h4-11,13-15H,1-3H3,(H,26,30). The molecule has 0 radical (unpaired) electrons. The lowest BCUT2D eigenvalue weighted by Crippen LogP contribution is -2.19. The van der Waals surface area contributed by atoms with Crippen LogP contribution in [0.2, 0.25) is 0 Å². The highest BCUT2D eigenvalue weighted by molar-refractivity contribution is 7.92. The average Bonchev–Trinajstić information content (AvgIpc) is 3.22. The van der Waals surface area contributed by atoms with E-state index in [1.54, 1.807) is 73.0 Å². The second kappa shape index (κ2) is 8.48. The van der Waals surface area contributed by atoms with E-state index in [-0.39, 0.29) is 16.5 Å². The molecule has 9 heteroatoms. The van der Waals surface area contributed by atoms with E-state index < -0.39 is 15.1 Å². The van der Waals surface area contributed by atoms with Crippen molar-refractivity contribution < 1.29 is 13.2 Å². The Morgan fingerprint density at radius 3 is 2.27 bits per heavy atom. The lowest BCUT2D eigenvalue weighted by Gasteiger charge is -2.10. The Labute approximate surface area is 191 Å². The summed E-state index contributed by atoms with van der Waals surface area (Å²) in [7, 11) is -1.89. The fourth-order valence-corrected chi connectivity index (χ4v) is 4.51. The number of hydrogen-bond acceptors (Lipinski definition) is 6. The zero-order valence-electron chi connectivity index (χ0n) is 18.3. The van der Waals surface area contributed by atoms with Gasteiger partial charge in [-0.05, 0) is 38.1 Å². The number of amides is 1. The van der Waals surface area contributed by atoms with Gasteiger partial charge in [-0.2, -0.15) is 5.26 Å². The molecule has 4 rings (SSSR count). The number of benzene rings is 2. The first-order valence-electron chi connectivity index (χ1n) is 10.2. The summed E-state index contributed by atoms with van der Waals surface area (Å²) in [5, 5.41) is 11.1. The highest BCUT2D eigenvalue weighted by atomic mass is 32.2. The van der Waals surface area contributed by atoms with Crippen LogP contribution >= 0.6 is 0 Å². The minimum absolute atomic E-state index is 0.217. The highest BCUT2D eigenvalue weighted by Crippen LogP contribution is 2.33. The predicted octanol–water partition coefficient (Wildman–Crippen LogP) is 3.48. The van der Waals surface area contributed by atoms with Crippen LogP contribution < -0.4 is 5.32 Å². The zero-order valence-corrected chi connectivity index (χ0v) is 19.1. The third-order valence-electron chi connectivity index (χ3n) is 5.33. The van der Waals surface area contributed by atoms with Gasteiger partial charge in [0.05, 0.1) is 39.4 Å². The fourth-order valence-electron chi connectivity index (χ4n) is 3.45. The van der Waals surface area contributed by atoms with Gasteiger partial charge in [0.15, 0.2) is 15.5 Å². The van der Waals surface area contributed by atoms with Crippen molar-refractivity contribution in [1.82, 2.24) is 19.7 Å². The van der Waals surface area contributed by atoms with Crippen LogP contribution in [0.1, 0.15) is 29.9 Å². The maximum absolute atomic E-state index is 12.5. The van der Waals surface area contributed by atoms with Crippen molar-refractivity contribution in [3.05, 3.63) is 72.2 Å². The number of aromatic nitrogens is 3. The molecular formula is C24H21N5O3S. The van der Waals surface area contributed by atoms with E-state index in [0.717, 1.165) is 11.1 Å². The number of rotatable bonds is 5. The van der Waals surface area contributed by atoms with E-state index in [4.69, 9.17) is 10.2 Å². The molecule has 166 valence electrons. The molecular weight excluding hydrogens is 438 g/mol. The summed E-state index contributed by atoms with van der Waals surface area (Å²) in [5.74, 6) is -0.338. The Kier molecular flexibility index (Phi) is 5.70. The Hall–Kier alpha value is -4.03. The normalized spacial score (nSPS) is 11.5. The number of nitrogens with zero attached hydrogens (tertiary/aromatic N) is 4. The van der Waals surface area contributed by atoms with Crippen molar-refractivity contribution in [3.8, 4) is 28.6 Å². The molecule has 4 aromatic rings. The largest absolute Gasteiger partial charge is 0.354 e. The van der Waals surface area contributed by atoms with Crippen molar-refractivity contribution in [2.45, 2.75) is 24.0 Å². The van der Waals surface area contributed by atoms with Gasteiger partial charge in [0.25, 0.3) is 5.91 Å². The van der Waals surface area contributed by atoms with Crippen LogP contribution in [0.5, 0.6) is 0 Å². The van der Waals surface area contributed by atoms with Gasteiger partial charge in [-0.3, -0.25) is 9.20 Å². The monoisotopic (exact) mass is 459 g/mol. The van der Waals surface area contributed by atoms with Gasteiger partial charge in [-0.15, -0.1) is 0 Å². The summed E-state index contributed by atoms with van der Waals surface area (Å²) in [6, 6.07) is 15.7. The molecule has 0 saturated carbocycles. The van der Waals surface area contributed by atoms with E-state index in [0.29, 0.717) is 22.6 Å². The van der Waals surface area contributed by atoms with Gasteiger partial charge in [-0.25, -0.2) is 18.4 Å². The zero-order chi connectivity index (χ0) is 23.8. The molecule has 0 bridgehead atoms. The summed E-state index contributed by atoms with van der Waals surface area (Å²) >= 11 is 0. The number of nitrogens with one attached hydrogen (secondary N) is 1. The summed E-state index contributed by atoms with van der Waals surface area (Å²) in [4.78, 5) is 21.3. The molecule has 1 N–H and O–H groups in total. The molecule has 8 nitrogen and oxygen atoms in total. The molecule has 2 heterocycles. The minimum Gasteiger partial charge on any atom is -0.354 e. The molecule has 2 aromatic carbocycles. The molecule has 2 aromatic heterocycles. The molecule has 0 aliphatic carbocycles. The van der Waals surface area contributed by atoms with Crippen molar-refractivity contribution in [1.29, 1.82) is 5.26 Å².